The number of hydrogen-bond acceptors (Lipinski definition) is 1. The molecule has 3 rings (SSSR count). The minimum Gasteiger partial charge on any atom is -0.369 e. The Balaban J connectivity index is 1.92. The lowest BCUT2D eigenvalue weighted by atomic mass is 9.70. The molecular weight excluding hydrogens is 308 g/mol. The molecular formula is C22H29N2O+. The van der Waals surface area contributed by atoms with Crippen LogP contribution >= 0.6 is 0 Å². The van der Waals surface area contributed by atoms with E-state index < -0.39 is 5.41 Å². The number of carbonyl (C=O) groups excluding carboxylic acids is 1. The van der Waals surface area contributed by atoms with Crippen LogP contribution in [0.25, 0.3) is 0 Å². The van der Waals surface area contributed by atoms with Gasteiger partial charge in [-0.2, -0.15) is 0 Å². The zero-order valence-corrected chi connectivity index (χ0v) is 15.2. The van der Waals surface area contributed by atoms with Crippen molar-refractivity contribution in [3.05, 3.63) is 71.8 Å². The lowest BCUT2D eigenvalue weighted by Gasteiger charge is -2.34. The van der Waals surface area contributed by atoms with Crippen LogP contribution in [0.5, 0.6) is 0 Å². The van der Waals surface area contributed by atoms with E-state index in [-0.39, 0.29) is 5.91 Å². The second-order valence-electron chi connectivity index (χ2n) is 7.60. The normalized spacial score (nSPS) is 16.7. The summed E-state index contributed by atoms with van der Waals surface area (Å²) in [6, 6.07) is 20.1. The summed E-state index contributed by atoms with van der Waals surface area (Å²) in [5.41, 5.74) is 7.27. The Morgan fingerprint density at radius 2 is 1.44 bits per heavy atom. The first-order chi connectivity index (χ1) is 12.1. The molecule has 132 valence electrons. The molecule has 1 fully saturated rings. The molecule has 3 nitrogen and oxygen atoms in total. The Kier molecular flexibility index (Phi) is 5.24. The molecule has 2 N–H and O–H groups in total. The van der Waals surface area contributed by atoms with E-state index in [1.807, 2.05) is 60.7 Å². The predicted molar refractivity (Wildman–Crippen MR) is 102 cm³/mol. The van der Waals surface area contributed by atoms with Gasteiger partial charge in [0.1, 0.15) is 0 Å². The number of nitrogens with two attached hydrogens (primary N) is 1. The van der Waals surface area contributed by atoms with Crippen LogP contribution in [-0.4, -0.2) is 37.1 Å². The second kappa shape index (κ2) is 7.40. The number of rotatable bonds is 7. The van der Waals surface area contributed by atoms with Gasteiger partial charge in [-0.15, -0.1) is 0 Å². The third-order valence-electron chi connectivity index (χ3n) is 5.85. The first-order valence-electron chi connectivity index (χ1n) is 9.31. The van der Waals surface area contributed by atoms with E-state index in [2.05, 4.69) is 7.05 Å². The van der Waals surface area contributed by atoms with Gasteiger partial charge in [0.15, 0.2) is 0 Å². The van der Waals surface area contributed by atoms with Crippen molar-refractivity contribution in [2.75, 3.05) is 26.7 Å². The van der Waals surface area contributed by atoms with Gasteiger partial charge in [0.2, 0.25) is 5.91 Å². The first-order valence-corrected chi connectivity index (χ1v) is 9.31. The zero-order valence-electron chi connectivity index (χ0n) is 15.2. The molecule has 0 aliphatic carbocycles. The van der Waals surface area contributed by atoms with E-state index in [0.29, 0.717) is 0 Å². The largest absolute Gasteiger partial charge is 0.369 e. The highest BCUT2D eigenvalue weighted by Gasteiger charge is 2.40. The number of nitrogens with zero attached hydrogens (tertiary/aromatic N) is 1. The molecule has 1 aliphatic heterocycles. The molecule has 0 radical (unpaired) electrons. The van der Waals surface area contributed by atoms with Crippen molar-refractivity contribution in [1.82, 2.24) is 0 Å². The van der Waals surface area contributed by atoms with Crippen LogP contribution in [0.2, 0.25) is 0 Å². The van der Waals surface area contributed by atoms with Crippen molar-refractivity contribution in [3.8, 4) is 0 Å². The summed E-state index contributed by atoms with van der Waals surface area (Å²) in [5.74, 6) is -0.256. The van der Waals surface area contributed by atoms with Gasteiger partial charge >= 0.3 is 0 Å². The molecule has 1 amide bonds. The van der Waals surface area contributed by atoms with E-state index in [0.717, 1.165) is 35.0 Å². The number of benzene rings is 2. The second-order valence-corrected chi connectivity index (χ2v) is 7.60. The summed E-state index contributed by atoms with van der Waals surface area (Å²) in [4.78, 5) is 12.7. The Labute approximate surface area is 151 Å². The minimum absolute atomic E-state index is 0.256. The molecule has 0 saturated carbocycles. The van der Waals surface area contributed by atoms with E-state index >= 15 is 0 Å². The lowest BCUT2D eigenvalue weighted by molar-refractivity contribution is -0.897. The molecule has 2 aromatic rings. The number of quaternary nitrogens is 1. The molecule has 1 heterocycles. The van der Waals surface area contributed by atoms with Gasteiger partial charge in [-0.25, -0.2) is 0 Å². The number of carbonyl (C=O) groups is 1. The summed E-state index contributed by atoms with van der Waals surface area (Å²) >= 11 is 0. The topological polar surface area (TPSA) is 43.1 Å². The fourth-order valence-electron chi connectivity index (χ4n) is 4.36. The van der Waals surface area contributed by atoms with Crippen LogP contribution in [0.4, 0.5) is 0 Å². The predicted octanol–water partition coefficient (Wildman–Crippen LogP) is 3.48. The molecule has 25 heavy (non-hydrogen) atoms. The van der Waals surface area contributed by atoms with Crippen LogP contribution < -0.4 is 5.73 Å². The van der Waals surface area contributed by atoms with Crippen molar-refractivity contribution in [2.45, 2.75) is 31.1 Å². The maximum absolute atomic E-state index is 12.7. The van der Waals surface area contributed by atoms with Gasteiger partial charge in [-0.1, -0.05) is 60.7 Å². The fourth-order valence-corrected chi connectivity index (χ4v) is 4.36. The van der Waals surface area contributed by atoms with Gasteiger partial charge < -0.3 is 10.2 Å². The molecule has 0 aromatic heterocycles. The zero-order chi connectivity index (χ0) is 17.8. The molecule has 1 saturated heterocycles. The Morgan fingerprint density at radius 1 is 0.960 bits per heavy atom. The lowest BCUT2D eigenvalue weighted by Crippen LogP contribution is -2.45. The standard InChI is InChI=1S/C22H28N2O/c1-24(16-8-9-17-24)18-10-15-22(21(23)25,19-11-4-2-5-12-19)20-13-6-3-7-14-20/h2-7,11-14H,8-10,15-18H2,1H3,(H-,23,25)/p+1. The number of hydrogen-bond donors (Lipinski definition) is 1. The third-order valence-corrected chi connectivity index (χ3v) is 5.85. The van der Waals surface area contributed by atoms with Gasteiger partial charge in [0.05, 0.1) is 32.1 Å². The molecule has 3 heteroatoms. The van der Waals surface area contributed by atoms with Crippen molar-refractivity contribution < 1.29 is 9.28 Å². The van der Waals surface area contributed by atoms with Gasteiger partial charge in [-0.05, 0) is 24.0 Å². The number of likely N-dealkylation sites (tertiary alicyclic amines) is 1. The molecule has 2 aromatic carbocycles. The Hall–Kier alpha value is -2.13. The number of amides is 1. The highest BCUT2D eigenvalue weighted by Crippen LogP contribution is 2.37. The maximum atomic E-state index is 12.7. The van der Waals surface area contributed by atoms with Crippen LogP contribution in [-0.2, 0) is 10.2 Å². The summed E-state index contributed by atoms with van der Waals surface area (Å²) in [5, 5.41) is 0. The molecule has 0 unspecified atom stereocenters. The average Bonchev–Trinajstić information content (AvgIpc) is 3.07. The summed E-state index contributed by atoms with van der Waals surface area (Å²) in [7, 11) is 2.34. The van der Waals surface area contributed by atoms with E-state index in [4.69, 9.17) is 5.73 Å². The van der Waals surface area contributed by atoms with Gasteiger partial charge in [0, 0.05) is 12.8 Å². The Bertz CT molecular complexity index is 651. The highest BCUT2D eigenvalue weighted by atomic mass is 16.1. The monoisotopic (exact) mass is 337 g/mol. The van der Waals surface area contributed by atoms with E-state index in [1.54, 1.807) is 0 Å². The van der Waals surface area contributed by atoms with Crippen LogP contribution in [0.1, 0.15) is 36.8 Å². The molecule has 0 atom stereocenters. The summed E-state index contributed by atoms with van der Waals surface area (Å²) < 4.78 is 1.12. The smallest absolute Gasteiger partial charge is 0.232 e. The van der Waals surface area contributed by atoms with Gasteiger partial charge in [0.25, 0.3) is 0 Å². The third kappa shape index (κ3) is 3.62. The van der Waals surface area contributed by atoms with Crippen LogP contribution in [0, 0.1) is 0 Å². The minimum atomic E-state index is -0.749. The van der Waals surface area contributed by atoms with Crippen LogP contribution in [0.15, 0.2) is 60.7 Å². The van der Waals surface area contributed by atoms with E-state index in [9.17, 15) is 4.79 Å². The van der Waals surface area contributed by atoms with Crippen LogP contribution in [0.3, 0.4) is 0 Å². The quantitative estimate of drug-likeness (QED) is 0.772. The number of primary amides is 1. The molecule has 1 aliphatic rings. The molecule has 0 bridgehead atoms. The first kappa shape index (κ1) is 17.7. The van der Waals surface area contributed by atoms with Crippen molar-refractivity contribution >= 4 is 5.91 Å². The Morgan fingerprint density at radius 3 is 1.88 bits per heavy atom. The van der Waals surface area contributed by atoms with Crippen molar-refractivity contribution in [1.29, 1.82) is 0 Å². The van der Waals surface area contributed by atoms with E-state index in [1.165, 1.54) is 25.9 Å². The summed E-state index contributed by atoms with van der Waals surface area (Å²) in [6.07, 6.45) is 4.37. The van der Waals surface area contributed by atoms with Gasteiger partial charge in [-0.3, -0.25) is 4.79 Å². The van der Waals surface area contributed by atoms with Crippen molar-refractivity contribution in [2.24, 2.45) is 5.73 Å². The SMILES string of the molecule is C[N+]1(CCCC(C(N)=O)(c2ccccc2)c2ccccc2)CCCC1. The average molecular weight is 337 g/mol. The van der Waals surface area contributed by atoms with Crippen molar-refractivity contribution in [3.63, 3.8) is 0 Å². The maximum Gasteiger partial charge on any atom is 0.232 e. The summed E-state index contributed by atoms with van der Waals surface area (Å²) in [6.45, 7) is 3.61. The fraction of sp³-hybridized carbons (Fsp3) is 0.409. The molecule has 0 spiro atoms. The highest BCUT2D eigenvalue weighted by molar-refractivity contribution is 5.90.